The van der Waals surface area contributed by atoms with Crippen molar-refractivity contribution in [1.29, 1.82) is 0 Å². The summed E-state index contributed by atoms with van der Waals surface area (Å²) in [5.41, 5.74) is 4.87. The number of aromatic amines is 1. The van der Waals surface area contributed by atoms with E-state index in [0.717, 1.165) is 27.7 Å². The van der Waals surface area contributed by atoms with Crippen LogP contribution in [0.25, 0.3) is 10.9 Å². The lowest BCUT2D eigenvalue weighted by Gasteiger charge is -2.32. The van der Waals surface area contributed by atoms with Gasteiger partial charge in [-0.25, -0.2) is 0 Å². The van der Waals surface area contributed by atoms with E-state index >= 15 is 0 Å². The maximum absolute atomic E-state index is 13.4. The molecule has 1 amide bonds. The van der Waals surface area contributed by atoms with Crippen LogP contribution >= 0.6 is 0 Å². The highest BCUT2D eigenvalue weighted by Crippen LogP contribution is 2.44. The average Bonchev–Trinajstić information content (AvgIpc) is 3.12. The van der Waals surface area contributed by atoms with Gasteiger partial charge >= 0.3 is 0 Å². The van der Waals surface area contributed by atoms with Gasteiger partial charge in [-0.15, -0.1) is 0 Å². The summed E-state index contributed by atoms with van der Waals surface area (Å²) in [5.74, 6) is -0.216. The van der Waals surface area contributed by atoms with Gasteiger partial charge in [0.2, 0.25) is 0 Å². The quantitative estimate of drug-likeness (QED) is 0.656. The van der Waals surface area contributed by atoms with Gasteiger partial charge in [0.1, 0.15) is 0 Å². The standard InChI is InChI=1S/C24H25N3O3/c1-24(2)18-12-15(23(30)27(4)9-10-28)6-8-16(18)21(29)20-17-7-5-14(13-25-3)11-19(17)26-22(20)24/h5-8,11-13,26,28H,9-10H2,1-4H3/b25-13-. The molecule has 0 radical (unpaired) electrons. The molecule has 154 valence electrons. The fourth-order valence-electron chi connectivity index (χ4n) is 4.28. The number of carbonyl (C=O) groups is 2. The number of fused-ring (bicyclic) bond motifs is 4. The SMILES string of the molecule is C/N=C\c1ccc2c3c([nH]c2c1)C(C)(C)c1cc(C(=O)N(C)CCO)ccc1C3=O. The number of amides is 1. The van der Waals surface area contributed by atoms with E-state index in [0.29, 0.717) is 16.7 Å². The first-order chi connectivity index (χ1) is 14.3. The first-order valence-electron chi connectivity index (χ1n) is 9.93. The van der Waals surface area contributed by atoms with Gasteiger partial charge in [0, 0.05) is 60.0 Å². The third kappa shape index (κ3) is 2.95. The van der Waals surface area contributed by atoms with Gasteiger partial charge in [0.25, 0.3) is 5.91 Å². The van der Waals surface area contributed by atoms with E-state index in [4.69, 9.17) is 5.11 Å². The largest absolute Gasteiger partial charge is 0.395 e. The topological polar surface area (TPSA) is 85.8 Å². The molecule has 0 aliphatic heterocycles. The summed E-state index contributed by atoms with van der Waals surface area (Å²) in [4.78, 5) is 35.1. The molecule has 2 N–H and O–H groups in total. The number of aliphatic imine (C=N–C) groups is 1. The van der Waals surface area contributed by atoms with Crippen LogP contribution in [0.15, 0.2) is 41.4 Å². The number of aliphatic hydroxyl groups excluding tert-OH is 1. The Bertz CT molecular complexity index is 1200. The van der Waals surface area contributed by atoms with E-state index in [2.05, 4.69) is 23.8 Å². The molecule has 6 heteroatoms. The lowest BCUT2D eigenvalue weighted by atomic mass is 9.71. The Balaban J connectivity index is 1.87. The number of nitrogens with zero attached hydrogens (tertiary/aromatic N) is 2. The fraction of sp³-hybridized carbons (Fsp3) is 0.292. The van der Waals surface area contributed by atoms with Crippen LogP contribution in [0, 0.1) is 0 Å². The van der Waals surface area contributed by atoms with Crippen molar-refractivity contribution in [3.05, 3.63) is 69.9 Å². The highest BCUT2D eigenvalue weighted by molar-refractivity contribution is 6.20. The summed E-state index contributed by atoms with van der Waals surface area (Å²) >= 11 is 0. The summed E-state index contributed by atoms with van der Waals surface area (Å²) in [7, 11) is 3.38. The number of benzene rings is 2. The van der Waals surface area contributed by atoms with Crippen LogP contribution in [-0.2, 0) is 5.41 Å². The van der Waals surface area contributed by atoms with E-state index in [1.54, 1.807) is 32.4 Å². The summed E-state index contributed by atoms with van der Waals surface area (Å²) in [6.07, 6.45) is 1.78. The van der Waals surface area contributed by atoms with Crippen molar-refractivity contribution in [3.63, 3.8) is 0 Å². The molecule has 0 saturated heterocycles. The molecule has 30 heavy (non-hydrogen) atoms. The number of aliphatic hydroxyl groups is 1. The van der Waals surface area contributed by atoms with E-state index in [-0.39, 0.29) is 24.8 Å². The van der Waals surface area contributed by atoms with Gasteiger partial charge in [-0.05, 0) is 35.4 Å². The van der Waals surface area contributed by atoms with Gasteiger partial charge in [0.05, 0.1) is 12.2 Å². The second-order valence-corrected chi connectivity index (χ2v) is 8.23. The molecule has 2 aromatic carbocycles. The van der Waals surface area contributed by atoms with Crippen molar-refractivity contribution < 1.29 is 14.7 Å². The lowest BCUT2D eigenvalue weighted by molar-refractivity contribution is 0.0766. The maximum Gasteiger partial charge on any atom is 0.253 e. The van der Waals surface area contributed by atoms with Crippen LogP contribution in [0.4, 0.5) is 0 Å². The van der Waals surface area contributed by atoms with E-state index < -0.39 is 5.41 Å². The van der Waals surface area contributed by atoms with Gasteiger partial charge in [-0.2, -0.15) is 0 Å². The van der Waals surface area contributed by atoms with Crippen molar-refractivity contribution in [2.45, 2.75) is 19.3 Å². The Labute approximate surface area is 175 Å². The van der Waals surface area contributed by atoms with Crippen LogP contribution in [0.5, 0.6) is 0 Å². The zero-order chi connectivity index (χ0) is 21.6. The number of nitrogens with one attached hydrogen (secondary N) is 1. The third-order valence-electron chi connectivity index (χ3n) is 5.92. The second-order valence-electron chi connectivity index (χ2n) is 8.23. The summed E-state index contributed by atoms with van der Waals surface area (Å²) in [6, 6.07) is 11.2. The summed E-state index contributed by atoms with van der Waals surface area (Å²) in [5, 5.41) is 10.0. The van der Waals surface area contributed by atoms with Gasteiger partial charge in [0.15, 0.2) is 5.78 Å². The molecule has 3 aromatic rings. The smallest absolute Gasteiger partial charge is 0.253 e. The average molecular weight is 403 g/mol. The number of rotatable bonds is 4. The van der Waals surface area contributed by atoms with Crippen molar-refractivity contribution in [2.75, 3.05) is 27.2 Å². The van der Waals surface area contributed by atoms with E-state index in [1.807, 2.05) is 24.3 Å². The number of carbonyl (C=O) groups excluding carboxylic acids is 2. The molecule has 1 aromatic heterocycles. The molecular weight excluding hydrogens is 378 g/mol. The van der Waals surface area contributed by atoms with Gasteiger partial charge in [-0.3, -0.25) is 14.6 Å². The Kier molecular flexibility index (Phi) is 4.82. The lowest BCUT2D eigenvalue weighted by Crippen LogP contribution is -2.32. The molecule has 1 heterocycles. The second kappa shape index (κ2) is 7.22. The molecular formula is C24H25N3O3. The molecule has 0 bridgehead atoms. The minimum atomic E-state index is -0.484. The molecule has 0 spiro atoms. The van der Waals surface area contributed by atoms with Crippen LogP contribution in [0.2, 0.25) is 0 Å². The van der Waals surface area contributed by atoms with E-state index in [9.17, 15) is 9.59 Å². The third-order valence-corrected chi connectivity index (χ3v) is 5.92. The van der Waals surface area contributed by atoms with Crippen LogP contribution in [-0.4, -0.2) is 60.1 Å². The summed E-state index contributed by atoms with van der Waals surface area (Å²) < 4.78 is 0. The number of hydrogen-bond acceptors (Lipinski definition) is 4. The van der Waals surface area contributed by atoms with E-state index in [1.165, 1.54) is 4.90 Å². The zero-order valence-electron chi connectivity index (χ0n) is 17.6. The minimum absolute atomic E-state index is 0.0369. The van der Waals surface area contributed by atoms with Crippen molar-refractivity contribution in [2.24, 2.45) is 4.99 Å². The number of H-pyrrole nitrogens is 1. The van der Waals surface area contributed by atoms with Gasteiger partial charge in [-0.1, -0.05) is 26.0 Å². The first kappa shape index (κ1) is 20.0. The monoisotopic (exact) mass is 403 g/mol. The molecule has 0 fully saturated rings. The Morgan fingerprint density at radius 1 is 1.23 bits per heavy atom. The normalized spacial score (nSPS) is 14.8. The molecule has 0 saturated carbocycles. The Morgan fingerprint density at radius 3 is 2.70 bits per heavy atom. The molecule has 1 aliphatic rings. The Morgan fingerprint density at radius 2 is 2.00 bits per heavy atom. The maximum atomic E-state index is 13.4. The Hall–Kier alpha value is -3.25. The molecule has 0 unspecified atom stereocenters. The van der Waals surface area contributed by atoms with Crippen LogP contribution in [0.1, 0.15) is 56.9 Å². The van der Waals surface area contributed by atoms with Crippen molar-refractivity contribution in [3.8, 4) is 0 Å². The zero-order valence-corrected chi connectivity index (χ0v) is 17.6. The number of likely N-dealkylation sites (N-methyl/N-ethyl adjacent to an activating group) is 1. The van der Waals surface area contributed by atoms with Crippen LogP contribution < -0.4 is 0 Å². The number of ketones is 1. The highest BCUT2D eigenvalue weighted by atomic mass is 16.3. The fourth-order valence-corrected chi connectivity index (χ4v) is 4.28. The van der Waals surface area contributed by atoms with Gasteiger partial charge < -0.3 is 15.0 Å². The first-order valence-corrected chi connectivity index (χ1v) is 9.93. The molecule has 1 aliphatic carbocycles. The van der Waals surface area contributed by atoms with Crippen molar-refractivity contribution >= 4 is 28.8 Å². The molecule has 4 rings (SSSR count). The summed E-state index contributed by atoms with van der Waals surface area (Å²) in [6.45, 7) is 4.29. The van der Waals surface area contributed by atoms with Crippen LogP contribution in [0.3, 0.4) is 0 Å². The predicted octanol–water partition coefficient (Wildman–Crippen LogP) is 3.15. The highest BCUT2D eigenvalue weighted by Gasteiger charge is 2.40. The number of hydrogen-bond donors (Lipinski definition) is 2. The van der Waals surface area contributed by atoms with Crippen molar-refractivity contribution in [1.82, 2.24) is 9.88 Å². The minimum Gasteiger partial charge on any atom is -0.395 e. The predicted molar refractivity (Wildman–Crippen MR) is 118 cm³/mol. The molecule has 6 nitrogen and oxygen atoms in total. The molecule has 0 atom stereocenters. The number of aromatic nitrogens is 1.